The second-order valence-electron chi connectivity index (χ2n) is 6.70. The first-order valence-electron chi connectivity index (χ1n) is 9.97. The van der Waals surface area contributed by atoms with Gasteiger partial charge in [-0.1, -0.05) is 65.2 Å². The van der Waals surface area contributed by atoms with Gasteiger partial charge in [-0.2, -0.15) is 0 Å². The summed E-state index contributed by atoms with van der Waals surface area (Å²) in [6, 6.07) is 0. The van der Waals surface area contributed by atoms with E-state index in [0.717, 1.165) is 58.3 Å². The third-order valence-corrected chi connectivity index (χ3v) is 4.23. The van der Waals surface area contributed by atoms with E-state index in [2.05, 4.69) is 13.8 Å². The fourth-order valence-electron chi connectivity index (χ4n) is 2.59. The van der Waals surface area contributed by atoms with Crippen LogP contribution in [0.5, 0.6) is 0 Å². The molecule has 0 heterocycles. The highest BCUT2D eigenvalue weighted by molar-refractivity contribution is 6.02. The van der Waals surface area contributed by atoms with Crippen LogP contribution in [0.2, 0.25) is 0 Å². The van der Waals surface area contributed by atoms with E-state index in [1.165, 1.54) is 0 Å². The first-order chi connectivity index (χ1) is 12.5. The van der Waals surface area contributed by atoms with Gasteiger partial charge in [-0.15, -0.1) is 0 Å². The molecule has 0 aliphatic heterocycles. The van der Waals surface area contributed by atoms with Crippen LogP contribution < -0.4 is 0 Å². The molecule has 6 heteroatoms. The van der Waals surface area contributed by atoms with E-state index in [9.17, 15) is 19.5 Å². The predicted molar refractivity (Wildman–Crippen MR) is 99.6 cm³/mol. The number of esters is 2. The van der Waals surface area contributed by atoms with Gasteiger partial charge in [0.25, 0.3) is 0 Å². The molecule has 0 aliphatic carbocycles. The topological polar surface area (TPSA) is 89.9 Å². The van der Waals surface area contributed by atoms with Gasteiger partial charge >= 0.3 is 11.9 Å². The molecule has 152 valence electrons. The molecule has 0 saturated carbocycles. The van der Waals surface area contributed by atoms with Crippen molar-refractivity contribution in [1.29, 1.82) is 0 Å². The maximum absolute atomic E-state index is 12.1. The molecule has 0 aromatic carbocycles. The second kappa shape index (κ2) is 15.8. The number of aliphatic hydroxyl groups is 1. The Balaban J connectivity index is 4.24. The maximum atomic E-state index is 12.1. The first-order valence-corrected chi connectivity index (χ1v) is 9.97. The summed E-state index contributed by atoms with van der Waals surface area (Å²) in [5.74, 6) is -3.92. The number of carbonyl (C=O) groups is 3. The third kappa shape index (κ3) is 11.2. The zero-order chi connectivity index (χ0) is 19.8. The molecule has 0 saturated heterocycles. The molecular formula is C20H36O6. The van der Waals surface area contributed by atoms with E-state index in [0.29, 0.717) is 12.8 Å². The molecule has 0 radical (unpaired) electrons. The van der Waals surface area contributed by atoms with Gasteiger partial charge in [0, 0.05) is 0 Å². The molecular weight excluding hydrogens is 336 g/mol. The van der Waals surface area contributed by atoms with E-state index < -0.39 is 29.7 Å². The summed E-state index contributed by atoms with van der Waals surface area (Å²) in [7, 11) is 0. The Morgan fingerprint density at radius 1 is 0.731 bits per heavy atom. The number of hydrogen-bond acceptors (Lipinski definition) is 6. The highest BCUT2D eigenvalue weighted by Crippen LogP contribution is 2.12. The molecule has 0 aliphatic rings. The van der Waals surface area contributed by atoms with Crippen LogP contribution in [0.1, 0.15) is 85.0 Å². The first kappa shape index (κ1) is 24.6. The SMILES string of the molecule is CCCCCCCOC(=O)C(C(C)=O)[C@@H](O)C(=O)OCCCCCCC. The average molecular weight is 373 g/mol. The van der Waals surface area contributed by atoms with Crippen LogP contribution in [0, 0.1) is 5.92 Å². The van der Waals surface area contributed by atoms with Crippen LogP contribution in [0.15, 0.2) is 0 Å². The molecule has 1 unspecified atom stereocenters. The quantitative estimate of drug-likeness (QED) is 0.253. The van der Waals surface area contributed by atoms with Crippen molar-refractivity contribution < 1.29 is 29.0 Å². The Bertz CT molecular complexity index is 407. The largest absolute Gasteiger partial charge is 0.465 e. The standard InChI is InChI=1S/C20H36O6/c1-4-6-8-10-12-14-25-19(23)17(16(3)21)18(22)20(24)26-15-13-11-9-7-5-2/h17-18,22H,4-15H2,1-3H3/t17?,18-/m1/s1. The average Bonchev–Trinajstić information content (AvgIpc) is 2.60. The van der Waals surface area contributed by atoms with Crippen LogP contribution in [0.25, 0.3) is 0 Å². The van der Waals surface area contributed by atoms with Gasteiger partial charge in [0.1, 0.15) is 5.78 Å². The van der Waals surface area contributed by atoms with Gasteiger partial charge in [0.05, 0.1) is 13.2 Å². The monoisotopic (exact) mass is 372 g/mol. The van der Waals surface area contributed by atoms with E-state index in [1.54, 1.807) is 0 Å². The van der Waals surface area contributed by atoms with Crippen molar-refractivity contribution in [2.75, 3.05) is 13.2 Å². The molecule has 0 fully saturated rings. The van der Waals surface area contributed by atoms with Crippen molar-refractivity contribution in [3.05, 3.63) is 0 Å². The molecule has 0 rings (SSSR count). The van der Waals surface area contributed by atoms with Crippen molar-refractivity contribution in [1.82, 2.24) is 0 Å². The van der Waals surface area contributed by atoms with Gasteiger partial charge in [-0.05, 0) is 19.8 Å². The van der Waals surface area contributed by atoms with Gasteiger partial charge < -0.3 is 14.6 Å². The lowest BCUT2D eigenvalue weighted by atomic mass is 9.98. The zero-order valence-electron chi connectivity index (χ0n) is 16.6. The zero-order valence-corrected chi connectivity index (χ0v) is 16.6. The fourth-order valence-corrected chi connectivity index (χ4v) is 2.59. The summed E-state index contributed by atoms with van der Waals surface area (Å²) in [6.07, 6.45) is 8.12. The number of hydrogen-bond donors (Lipinski definition) is 1. The summed E-state index contributed by atoms with van der Waals surface area (Å²) in [4.78, 5) is 35.6. The number of Topliss-reactive ketones (excluding diaryl/α,β-unsaturated/α-hetero) is 1. The van der Waals surface area contributed by atoms with Crippen LogP contribution >= 0.6 is 0 Å². The van der Waals surface area contributed by atoms with Crippen molar-refractivity contribution in [3.63, 3.8) is 0 Å². The number of ether oxygens (including phenoxy) is 2. The van der Waals surface area contributed by atoms with E-state index in [-0.39, 0.29) is 13.2 Å². The highest BCUT2D eigenvalue weighted by Gasteiger charge is 2.38. The Morgan fingerprint density at radius 2 is 1.15 bits per heavy atom. The molecule has 26 heavy (non-hydrogen) atoms. The number of carbonyl (C=O) groups excluding carboxylic acids is 3. The number of unbranched alkanes of at least 4 members (excludes halogenated alkanes) is 8. The Labute approximate surface area is 157 Å². The van der Waals surface area contributed by atoms with Gasteiger partial charge in [0.15, 0.2) is 12.0 Å². The lowest BCUT2D eigenvalue weighted by Gasteiger charge is -2.18. The molecule has 2 atom stereocenters. The summed E-state index contributed by atoms with van der Waals surface area (Å²) in [5.41, 5.74) is 0. The van der Waals surface area contributed by atoms with Gasteiger partial charge in [0.2, 0.25) is 0 Å². The van der Waals surface area contributed by atoms with Crippen molar-refractivity contribution >= 4 is 17.7 Å². The number of ketones is 1. The van der Waals surface area contributed by atoms with E-state index in [4.69, 9.17) is 9.47 Å². The fraction of sp³-hybridized carbons (Fsp3) is 0.850. The minimum atomic E-state index is -1.81. The second-order valence-corrected chi connectivity index (χ2v) is 6.70. The molecule has 0 aromatic rings. The van der Waals surface area contributed by atoms with E-state index >= 15 is 0 Å². The van der Waals surface area contributed by atoms with Gasteiger partial charge in [-0.3, -0.25) is 9.59 Å². The predicted octanol–water partition coefficient (Wildman–Crippen LogP) is 3.58. The Hall–Kier alpha value is -1.43. The van der Waals surface area contributed by atoms with Crippen LogP contribution in [-0.2, 0) is 23.9 Å². The Morgan fingerprint density at radius 3 is 1.58 bits per heavy atom. The number of rotatable bonds is 16. The van der Waals surface area contributed by atoms with Crippen molar-refractivity contribution in [2.45, 2.75) is 91.1 Å². The molecule has 6 nitrogen and oxygen atoms in total. The van der Waals surface area contributed by atoms with Crippen molar-refractivity contribution in [3.8, 4) is 0 Å². The van der Waals surface area contributed by atoms with Crippen LogP contribution in [0.3, 0.4) is 0 Å². The van der Waals surface area contributed by atoms with Crippen LogP contribution in [0.4, 0.5) is 0 Å². The minimum Gasteiger partial charge on any atom is -0.465 e. The third-order valence-electron chi connectivity index (χ3n) is 4.23. The highest BCUT2D eigenvalue weighted by atomic mass is 16.6. The van der Waals surface area contributed by atoms with Crippen LogP contribution in [-0.4, -0.2) is 42.1 Å². The molecule has 0 spiro atoms. The van der Waals surface area contributed by atoms with Gasteiger partial charge in [-0.25, -0.2) is 4.79 Å². The molecule has 0 amide bonds. The summed E-state index contributed by atoms with van der Waals surface area (Å²) in [5, 5.41) is 10.0. The summed E-state index contributed by atoms with van der Waals surface area (Å²) < 4.78 is 10.0. The normalized spacial score (nSPS) is 13.1. The summed E-state index contributed by atoms with van der Waals surface area (Å²) in [6.45, 7) is 5.75. The van der Waals surface area contributed by atoms with Crippen molar-refractivity contribution in [2.24, 2.45) is 5.92 Å². The molecule has 0 bridgehead atoms. The lowest BCUT2D eigenvalue weighted by molar-refractivity contribution is -0.169. The lowest BCUT2D eigenvalue weighted by Crippen LogP contribution is -2.41. The smallest absolute Gasteiger partial charge is 0.336 e. The summed E-state index contributed by atoms with van der Waals surface area (Å²) >= 11 is 0. The Kier molecular flexibility index (Phi) is 14.9. The minimum absolute atomic E-state index is 0.177. The molecule has 1 N–H and O–H groups in total. The van der Waals surface area contributed by atoms with E-state index in [1.807, 2.05) is 0 Å². The maximum Gasteiger partial charge on any atom is 0.336 e. The molecule has 0 aromatic heterocycles. The number of aliphatic hydroxyl groups excluding tert-OH is 1.